The molecule has 3 aromatic rings. The van der Waals surface area contributed by atoms with Crippen molar-refractivity contribution in [2.45, 2.75) is 25.6 Å². The fourth-order valence-electron chi connectivity index (χ4n) is 3.04. The number of aromatic nitrogens is 3. The molecule has 1 saturated heterocycles. The predicted molar refractivity (Wildman–Crippen MR) is 127 cm³/mol. The van der Waals surface area contributed by atoms with E-state index in [0.29, 0.717) is 23.8 Å². The molecule has 0 aromatic carbocycles. The summed E-state index contributed by atoms with van der Waals surface area (Å²) >= 11 is 14.1. The summed E-state index contributed by atoms with van der Waals surface area (Å²) in [5, 5.41) is 20.7. The lowest BCUT2D eigenvalue weighted by Crippen LogP contribution is -2.52. The normalized spacial score (nSPS) is 17.6. The second kappa shape index (κ2) is 11.1. The number of halogens is 3. The highest BCUT2D eigenvalue weighted by atomic mass is 35.5. The maximum absolute atomic E-state index is 14.5. The van der Waals surface area contributed by atoms with Crippen LogP contribution in [0.25, 0.3) is 0 Å². The Morgan fingerprint density at radius 3 is 2.38 bits per heavy atom. The van der Waals surface area contributed by atoms with Crippen LogP contribution in [0.5, 0.6) is 0 Å². The summed E-state index contributed by atoms with van der Waals surface area (Å²) in [6.07, 6.45) is 1.59. The molecule has 0 bridgehead atoms. The first kappa shape index (κ1) is 25.9. The minimum Gasteiger partial charge on any atom is -0.477 e. The van der Waals surface area contributed by atoms with Gasteiger partial charge in [0.1, 0.15) is 21.6 Å². The van der Waals surface area contributed by atoms with Crippen LogP contribution in [0.15, 0.2) is 17.9 Å². The van der Waals surface area contributed by atoms with Crippen LogP contribution in [0.3, 0.4) is 0 Å². The number of hydrogen-bond donors (Lipinski definition) is 4. The number of aryl methyl sites for hydroxylation is 1. The number of thiazole rings is 2. The maximum Gasteiger partial charge on any atom is 0.347 e. The van der Waals surface area contributed by atoms with Gasteiger partial charge < -0.3 is 25.4 Å². The van der Waals surface area contributed by atoms with Gasteiger partial charge in [0.05, 0.1) is 40.5 Å². The van der Waals surface area contributed by atoms with E-state index in [0.717, 1.165) is 22.7 Å². The third-order valence-electron chi connectivity index (χ3n) is 4.76. The molecule has 0 aliphatic carbocycles. The number of rotatable bonds is 5. The van der Waals surface area contributed by atoms with Gasteiger partial charge in [-0.3, -0.25) is 9.78 Å². The van der Waals surface area contributed by atoms with Crippen LogP contribution in [-0.4, -0.2) is 68.3 Å². The molecule has 0 unspecified atom stereocenters. The number of amides is 1. The average molecular weight is 550 g/mol. The Morgan fingerprint density at radius 2 is 1.91 bits per heavy atom. The molecule has 2 atom stereocenters. The van der Waals surface area contributed by atoms with Crippen molar-refractivity contribution in [3.8, 4) is 0 Å². The highest BCUT2D eigenvalue weighted by molar-refractivity contribution is 7.17. The third-order valence-corrected chi connectivity index (χ3v) is 7.51. The van der Waals surface area contributed by atoms with E-state index in [2.05, 4.69) is 20.3 Å². The van der Waals surface area contributed by atoms with E-state index < -0.39 is 30.1 Å². The number of nitrogens with one attached hydrogen (secondary N) is 2. The molecule has 4 rings (SSSR count). The molecule has 15 heteroatoms. The monoisotopic (exact) mass is 549 g/mol. The molecule has 4 heterocycles. The van der Waals surface area contributed by atoms with Crippen molar-refractivity contribution in [2.24, 2.45) is 0 Å². The topological polar surface area (TPSA) is 149 Å². The zero-order valence-electron chi connectivity index (χ0n) is 17.4. The number of hydrogen-bond acceptors (Lipinski definition) is 8. The first-order valence-corrected chi connectivity index (χ1v) is 12.1. The van der Waals surface area contributed by atoms with Crippen molar-refractivity contribution in [3.05, 3.63) is 49.1 Å². The summed E-state index contributed by atoms with van der Waals surface area (Å²) in [7, 11) is 0. The Balaban J connectivity index is 0.000000343. The maximum atomic E-state index is 14.5. The van der Waals surface area contributed by atoms with Gasteiger partial charge in [0.2, 0.25) is 0 Å². The number of alkyl halides is 1. The lowest BCUT2D eigenvalue weighted by molar-refractivity contribution is 0.0691. The molecule has 1 aliphatic heterocycles. The van der Waals surface area contributed by atoms with Crippen molar-refractivity contribution in [2.75, 3.05) is 18.0 Å². The number of carboxylic acid groups (broad SMARTS) is 2. The van der Waals surface area contributed by atoms with Gasteiger partial charge in [-0.25, -0.2) is 19.0 Å². The van der Waals surface area contributed by atoms with Crippen molar-refractivity contribution >= 4 is 68.9 Å². The molecular formula is C19H18Cl2FN5O5S2. The minimum atomic E-state index is -1.34. The Labute approximate surface area is 210 Å². The van der Waals surface area contributed by atoms with Gasteiger partial charge in [-0.05, 0) is 13.3 Å². The average Bonchev–Trinajstić information content (AvgIpc) is 3.54. The predicted octanol–water partition coefficient (Wildman–Crippen LogP) is 3.97. The molecule has 1 aliphatic rings. The summed E-state index contributed by atoms with van der Waals surface area (Å²) < 4.78 is 14.5. The summed E-state index contributed by atoms with van der Waals surface area (Å²) in [5.74, 6) is -2.49. The third kappa shape index (κ3) is 6.03. The molecule has 0 spiro atoms. The number of carbonyl (C=O) groups is 3. The lowest BCUT2D eigenvalue weighted by Gasteiger charge is -2.34. The molecule has 0 saturated carbocycles. The summed E-state index contributed by atoms with van der Waals surface area (Å²) in [6, 6.07) is -0.684. The van der Waals surface area contributed by atoms with Crippen LogP contribution in [0.4, 0.5) is 9.52 Å². The second-order valence-corrected chi connectivity index (χ2v) is 9.72. The molecule has 1 amide bonds. The lowest BCUT2D eigenvalue weighted by atomic mass is 10.0. The number of piperidine rings is 1. The SMILES string of the molecule is Cc1[nH]c(C(=O)N[C@@H]2CCN(c3ncc(C(=O)O)s3)C[C@@H]2F)c(Cl)c1Cl.O=C(O)c1cncs1. The number of H-pyrrole nitrogens is 1. The Kier molecular flexibility index (Phi) is 8.47. The highest BCUT2D eigenvalue weighted by Gasteiger charge is 2.33. The Hall–Kier alpha value is -2.74. The van der Waals surface area contributed by atoms with E-state index >= 15 is 0 Å². The number of carbonyl (C=O) groups excluding carboxylic acids is 1. The van der Waals surface area contributed by atoms with E-state index in [1.807, 2.05) is 0 Å². The van der Waals surface area contributed by atoms with Gasteiger partial charge in [-0.15, -0.1) is 11.3 Å². The zero-order chi connectivity index (χ0) is 25.0. The number of carboxylic acids is 2. The van der Waals surface area contributed by atoms with Gasteiger partial charge in [0.15, 0.2) is 5.13 Å². The number of aromatic amines is 1. The van der Waals surface area contributed by atoms with Crippen LogP contribution in [0.1, 0.15) is 41.9 Å². The first-order chi connectivity index (χ1) is 16.1. The van der Waals surface area contributed by atoms with E-state index in [-0.39, 0.29) is 32.0 Å². The quantitative estimate of drug-likeness (QED) is 0.373. The molecule has 4 N–H and O–H groups in total. The first-order valence-electron chi connectivity index (χ1n) is 9.62. The standard InChI is InChI=1S/C15H15Cl2FN4O3S.C4H3NO2S/c1-6-10(16)11(17)12(20-6)13(23)21-8-2-3-22(5-7(8)18)15-19-4-9(26-15)14(24)25;6-4(7)3-1-5-2-8-3/h4,7-8,20H,2-3,5H2,1H3,(H,21,23)(H,24,25);1-2H,(H,6,7)/t7-,8+;/m0./s1. The van der Waals surface area contributed by atoms with Gasteiger partial charge in [-0.1, -0.05) is 34.5 Å². The largest absolute Gasteiger partial charge is 0.477 e. The second-order valence-electron chi connectivity index (χ2n) is 7.07. The van der Waals surface area contributed by atoms with E-state index in [1.54, 1.807) is 11.8 Å². The molecule has 3 aromatic heterocycles. The van der Waals surface area contributed by atoms with Crippen molar-refractivity contribution < 1.29 is 29.0 Å². The van der Waals surface area contributed by atoms with Crippen molar-refractivity contribution in [3.63, 3.8) is 0 Å². The van der Waals surface area contributed by atoms with Crippen molar-refractivity contribution in [1.29, 1.82) is 0 Å². The van der Waals surface area contributed by atoms with Crippen LogP contribution < -0.4 is 10.2 Å². The molecule has 0 radical (unpaired) electrons. The minimum absolute atomic E-state index is 0.00968. The number of aromatic carboxylic acids is 2. The van der Waals surface area contributed by atoms with E-state index in [9.17, 15) is 18.8 Å². The van der Waals surface area contributed by atoms with Crippen LogP contribution in [0, 0.1) is 6.92 Å². The van der Waals surface area contributed by atoms with Crippen LogP contribution >= 0.6 is 45.9 Å². The summed E-state index contributed by atoms with van der Waals surface area (Å²) in [6.45, 7) is 2.13. The van der Waals surface area contributed by atoms with Gasteiger partial charge in [0, 0.05) is 12.2 Å². The van der Waals surface area contributed by atoms with Crippen LogP contribution in [0.2, 0.25) is 10.0 Å². The molecule has 34 heavy (non-hydrogen) atoms. The molecule has 1 fully saturated rings. The fourth-order valence-corrected chi connectivity index (χ4v) is 4.71. The Bertz CT molecular complexity index is 1190. The molecular weight excluding hydrogens is 532 g/mol. The highest BCUT2D eigenvalue weighted by Crippen LogP contribution is 2.30. The number of nitrogens with zero attached hydrogens (tertiary/aromatic N) is 3. The fraction of sp³-hybridized carbons (Fsp3) is 0.316. The van der Waals surface area contributed by atoms with Gasteiger partial charge in [0.25, 0.3) is 5.91 Å². The van der Waals surface area contributed by atoms with Crippen molar-refractivity contribution in [1.82, 2.24) is 20.3 Å². The smallest absolute Gasteiger partial charge is 0.347 e. The Morgan fingerprint density at radius 1 is 1.21 bits per heavy atom. The summed E-state index contributed by atoms with van der Waals surface area (Å²) in [4.78, 5) is 45.7. The number of anilines is 1. The molecule has 10 nitrogen and oxygen atoms in total. The van der Waals surface area contributed by atoms with Gasteiger partial charge in [-0.2, -0.15) is 0 Å². The van der Waals surface area contributed by atoms with E-state index in [1.165, 1.54) is 17.9 Å². The zero-order valence-corrected chi connectivity index (χ0v) is 20.6. The molecule has 182 valence electrons. The van der Waals surface area contributed by atoms with Crippen LogP contribution in [-0.2, 0) is 0 Å². The van der Waals surface area contributed by atoms with Gasteiger partial charge >= 0.3 is 11.9 Å². The summed E-state index contributed by atoms with van der Waals surface area (Å²) in [5.41, 5.74) is 2.16. The van der Waals surface area contributed by atoms with E-state index in [4.69, 9.17) is 33.4 Å².